The van der Waals surface area contributed by atoms with Gasteiger partial charge in [0.05, 0.1) is 0 Å². The Morgan fingerprint density at radius 3 is 2.19 bits per heavy atom. The van der Waals surface area contributed by atoms with E-state index in [0.717, 1.165) is 18.9 Å². The summed E-state index contributed by atoms with van der Waals surface area (Å²) in [4.78, 5) is 3.58. The first-order chi connectivity index (χ1) is 10.0. The van der Waals surface area contributed by atoms with Crippen LogP contribution in [0, 0.1) is 0 Å². The lowest BCUT2D eigenvalue weighted by molar-refractivity contribution is -0.141. The van der Waals surface area contributed by atoms with Gasteiger partial charge in [0.25, 0.3) is 0 Å². The molecule has 1 aromatic heterocycles. The first kappa shape index (κ1) is 17.8. The molecule has 0 saturated heterocycles. The Hall–Kier alpha value is -1.26. The lowest BCUT2D eigenvalue weighted by atomic mass is 10.1. The fourth-order valence-electron chi connectivity index (χ4n) is 2.17. The molecule has 0 fully saturated rings. The molecule has 0 radical (unpaired) electrons. The molecule has 0 amide bonds. The van der Waals surface area contributed by atoms with Gasteiger partial charge in [-0.05, 0) is 18.6 Å². The average Bonchev–Trinajstić information content (AvgIpc) is 2.45. The number of nitrogens with zero attached hydrogens (tertiary/aromatic N) is 1. The van der Waals surface area contributed by atoms with Crippen molar-refractivity contribution in [1.82, 2.24) is 4.98 Å². The molecule has 0 atom stereocenters. The molecule has 120 valence electrons. The molecule has 1 heterocycles. The lowest BCUT2D eigenvalue weighted by Gasteiger charge is -2.09. The van der Waals surface area contributed by atoms with Crippen molar-refractivity contribution >= 4 is 5.82 Å². The molecule has 0 bridgehead atoms. The molecule has 0 saturated carbocycles. The normalized spacial score (nSPS) is 11.6. The molecule has 0 aliphatic rings. The van der Waals surface area contributed by atoms with Crippen molar-refractivity contribution in [3.05, 3.63) is 23.9 Å². The fraction of sp³-hybridized carbons (Fsp3) is 0.688. The minimum atomic E-state index is -4.38. The minimum absolute atomic E-state index is 0.299. The molecule has 0 spiro atoms. The number of nitrogens with one attached hydrogen (secondary N) is 1. The van der Waals surface area contributed by atoms with E-state index in [1.165, 1.54) is 44.6 Å². The number of hydrogen-bond donors (Lipinski definition) is 1. The molecule has 2 nitrogen and oxygen atoms in total. The van der Waals surface area contributed by atoms with Gasteiger partial charge in [-0.3, -0.25) is 0 Å². The predicted octanol–water partition coefficient (Wildman–Crippen LogP) is 5.65. The number of aromatic nitrogens is 1. The molecule has 1 N–H and O–H groups in total. The Labute approximate surface area is 125 Å². The maximum atomic E-state index is 12.5. The Bertz CT molecular complexity index is 391. The van der Waals surface area contributed by atoms with Crippen molar-refractivity contribution in [1.29, 1.82) is 0 Å². The van der Waals surface area contributed by atoms with Crippen LogP contribution in [0.25, 0.3) is 0 Å². The standard InChI is InChI=1S/C16H25F3N2/c1-2-3-4-5-6-7-8-9-13-20-15-12-10-11-14(21-15)16(17,18)19/h10-12H,2-9,13H2,1H3,(H,20,21). The van der Waals surface area contributed by atoms with E-state index < -0.39 is 11.9 Å². The molecule has 1 rings (SSSR count). The molecule has 21 heavy (non-hydrogen) atoms. The summed E-state index contributed by atoms with van der Waals surface area (Å²) in [5, 5.41) is 2.96. The second-order valence-corrected chi connectivity index (χ2v) is 5.31. The van der Waals surface area contributed by atoms with Gasteiger partial charge >= 0.3 is 6.18 Å². The van der Waals surface area contributed by atoms with Crippen LogP contribution in [0.15, 0.2) is 18.2 Å². The Kier molecular flexibility index (Phi) is 8.16. The first-order valence-corrected chi connectivity index (χ1v) is 7.82. The summed E-state index contributed by atoms with van der Waals surface area (Å²) in [6.07, 6.45) is 5.30. The van der Waals surface area contributed by atoms with E-state index in [-0.39, 0.29) is 0 Å². The summed E-state index contributed by atoms with van der Waals surface area (Å²) in [6.45, 7) is 2.87. The van der Waals surface area contributed by atoms with E-state index in [0.29, 0.717) is 12.4 Å². The quantitative estimate of drug-likeness (QED) is 0.565. The van der Waals surface area contributed by atoms with Crippen LogP contribution in [0.2, 0.25) is 0 Å². The monoisotopic (exact) mass is 302 g/mol. The summed E-state index contributed by atoms with van der Waals surface area (Å²) in [5.74, 6) is 0.299. The molecule has 0 unspecified atom stereocenters. The van der Waals surface area contributed by atoms with Crippen LogP contribution < -0.4 is 5.32 Å². The highest BCUT2D eigenvalue weighted by Crippen LogP contribution is 2.28. The third kappa shape index (κ3) is 7.93. The van der Waals surface area contributed by atoms with E-state index in [1.807, 2.05) is 0 Å². The largest absolute Gasteiger partial charge is 0.433 e. The van der Waals surface area contributed by atoms with Crippen molar-refractivity contribution in [2.24, 2.45) is 0 Å². The van der Waals surface area contributed by atoms with Crippen LogP contribution in [-0.2, 0) is 6.18 Å². The Morgan fingerprint density at radius 2 is 1.57 bits per heavy atom. The summed E-state index contributed by atoms with van der Waals surface area (Å²) in [6, 6.07) is 3.94. The van der Waals surface area contributed by atoms with E-state index in [4.69, 9.17) is 0 Å². The molecular formula is C16H25F3N2. The van der Waals surface area contributed by atoms with Gasteiger partial charge in [-0.25, -0.2) is 4.98 Å². The third-order valence-corrected chi connectivity index (χ3v) is 3.38. The highest BCUT2D eigenvalue weighted by atomic mass is 19.4. The van der Waals surface area contributed by atoms with Crippen LogP contribution in [0.4, 0.5) is 19.0 Å². The Balaban J connectivity index is 2.13. The van der Waals surface area contributed by atoms with Crippen molar-refractivity contribution in [3.8, 4) is 0 Å². The zero-order valence-corrected chi connectivity index (χ0v) is 12.7. The van der Waals surface area contributed by atoms with Crippen LogP contribution in [-0.4, -0.2) is 11.5 Å². The highest BCUT2D eigenvalue weighted by molar-refractivity contribution is 5.35. The summed E-state index contributed by atoms with van der Waals surface area (Å²) in [7, 11) is 0. The maximum absolute atomic E-state index is 12.5. The SMILES string of the molecule is CCCCCCCCCCNc1cccc(C(F)(F)F)n1. The summed E-state index contributed by atoms with van der Waals surface area (Å²) >= 11 is 0. The topological polar surface area (TPSA) is 24.9 Å². The van der Waals surface area contributed by atoms with Crippen molar-refractivity contribution in [3.63, 3.8) is 0 Å². The van der Waals surface area contributed by atoms with Crippen LogP contribution in [0.1, 0.15) is 64.0 Å². The van der Waals surface area contributed by atoms with Gasteiger partial charge in [-0.1, -0.05) is 57.9 Å². The van der Waals surface area contributed by atoms with Gasteiger partial charge in [-0.2, -0.15) is 13.2 Å². The summed E-state index contributed by atoms with van der Waals surface area (Å²) in [5.41, 5.74) is -0.844. The molecule has 1 aromatic rings. The highest BCUT2D eigenvalue weighted by Gasteiger charge is 2.32. The molecular weight excluding hydrogens is 277 g/mol. The number of hydrogen-bond acceptors (Lipinski definition) is 2. The molecule has 5 heteroatoms. The van der Waals surface area contributed by atoms with E-state index >= 15 is 0 Å². The maximum Gasteiger partial charge on any atom is 0.433 e. The van der Waals surface area contributed by atoms with Crippen molar-refractivity contribution < 1.29 is 13.2 Å². The van der Waals surface area contributed by atoms with Crippen molar-refractivity contribution in [2.75, 3.05) is 11.9 Å². The number of alkyl halides is 3. The van der Waals surface area contributed by atoms with E-state index in [9.17, 15) is 13.2 Å². The number of rotatable bonds is 10. The smallest absolute Gasteiger partial charge is 0.370 e. The van der Waals surface area contributed by atoms with Crippen LogP contribution in [0.5, 0.6) is 0 Å². The second-order valence-electron chi connectivity index (χ2n) is 5.31. The fourth-order valence-corrected chi connectivity index (χ4v) is 2.17. The minimum Gasteiger partial charge on any atom is -0.370 e. The van der Waals surface area contributed by atoms with Crippen LogP contribution in [0.3, 0.4) is 0 Å². The molecule has 0 aliphatic carbocycles. The summed E-state index contributed by atoms with van der Waals surface area (Å²) < 4.78 is 37.5. The molecule has 0 aromatic carbocycles. The van der Waals surface area contributed by atoms with E-state index in [1.54, 1.807) is 6.07 Å². The zero-order chi connectivity index (χ0) is 15.6. The number of halogens is 3. The van der Waals surface area contributed by atoms with Gasteiger partial charge in [0.1, 0.15) is 11.5 Å². The second kappa shape index (κ2) is 9.64. The van der Waals surface area contributed by atoms with Crippen LogP contribution >= 0.6 is 0 Å². The van der Waals surface area contributed by atoms with Gasteiger partial charge in [0.15, 0.2) is 0 Å². The zero-order valence-electron chi connectivity index (χ0n) is 12.7. The number of anilines is 1. The van der Waals surface area contributed by atoms with Gasteiger partial charge in [0.2, 0.25) is 0 Å². The van der Waals surface area contributed by atoms with E-state index in [2.05, 4.69) is 17.2 Å². The number of pyridine rings is 1. The average molecular weight is 302 g/mol. The van der Waals surface area contributed by atoms with Crippen molar-refractivity contribution in [2.45, 2.75) is 64.5 Å². The predicted molar refractivity (Wildman–Crippen MR) is 80.3 cm³/mol. The lowest BCUT2D eigenvalue weighted by Crippen LogP contribution is -2.10. The number of unbranched alkanes of at least 4 members (excludes halogenated alkanes) is 7. The Morgan fingerprint density at radius 1 is 0.952 bits per heavy atom. The first-order valence-electron chi connectivity index (χ1n) is 7.82. The van der Waals surface area contributed by atoms with Gasteiger partial charge in [-0.15, -0.1) is 0 Å². The third-order valence-electron chi connectivity index (χ3n) is 3.38. The molecule has 0 aliphatic heterocycles. The van der Waals surface area contributed by atoms with Gasteiger partial charge < -0.3 is 5.32 Å². The van der Waals surface area contributed by atoms with Gasteiger partial charge in [0, 0.05) is 6.54 Å².